The number of methoxy groups -OCH3 is 1. The summed E-state index contributed by atoms with van der Waals surface area (Å²) in [5.74, 6) is 0.991. The molecule has 12 heteroatoms. The second-order valence-electron chi connectivity index (χ2n) is 8.59. The third-order valence-electron chi connectivity index (χ3n) is 6.41. The molecular weight excluding hydrogens is 540 g/mol. The molecule has 186 valence electrons. The summed E-state index contributed by atoms with van der Waals surface area (Å²) in [5, 5.41) is 4.78. The van der Waals surface area contributed by atoms with Crippen LogP contribution in [0.5, 0.6) is 5.75 Å². The minimum atomic E-state index is -0.635. The monoisotopic (exact) mass is 560 g/mol. The lowest BCUT2D eigenvalue weighted by Crippen LogP contribution is -2.42. The highest BCUT2D eigenvalue weighted by atomic mass is 79.9. The molecular formula is C25H21BrN8O3. The number of aromatic amines is 1. The van der Waals surface area contributed by atoms with Gasteiger partial charge in [0.25, 0.3) is 11.7 Å². The molecule has 1 amide bonds. The van der Waals surface area contributed by atoms with Crippen molar-refractivity contribution >= 4 is 38.5 Å². The number of hydrogen-bond donors (Lipinski definition) is 1. The van der Waals surface area contributed by atoms with Crippen molar-refractivity contribution in [2.45, 2.75) is 20.0 Å². The fraction of sp³-hybridized carbons (Fsp3) is 0.200. The maximum atomic E-state index is 13.5. The van der Waals surface area contributed by atoms with E-state index >= 15 is 0 Å². The van der Waals surface area contributed by atoms with Gasteiger partial charge in [-0.25, -0.2) is 19.6 Å². The van der Waals surface area contributed by atoms with Crippen LogP contribution in [0.2, 0.25) is 0 Å². The number of pyridine rings is 1. The molecule has 0 saturated carbocycles. The molecule has 0 radical (unpaired) electrons. The molecule has 6 rings (SSSR count). The lowest BCUT2D eigenvalue weighted by molar-refractivity contribution is -0.127. The van der Waals surface area contributed by atoms with Crippen LogP contribution >= 0.6 is 15.9 Å². The van der Waals surface area contributed by atoms with Crippen LogP contribution in [0.1, 0.15) is 21.9 Å². The van der Waals surface area contributed by atoms with E-state index in [1.807, 2.05) is 30.3 Å². The van der Waals surface area contributed by atoms with Crippen LogP contribution in [0.15, 0.2) is 53.7 Å². The minimum absolute atomic E-state index is 0.209. The first-order valence-corrected chi connectivity index (χ1v) is 12.3. The van der Waals surface area contributed by atoms with Crippen molar-refractivity contribution in [3.8, 4) is 23.0 Å². The Labute approximate surface area is 219 Å². The van der Waals surface area contributed by atoms with Gasteiger partial charge in [0.2, 0.25) is 0 Å². The molecule has 0 atom stereocenters. The maximum absolute atomic E-state index is 13.5. The first-order chi connectivity index (χ1) is 18.0. The highest BCUT2D eigenvalue weighted by molar-refractivity contribution is 9.10. The van der Waals surface area contributed by atoms with Gasteiger partial charge >= 0.3 is 0 Å². The Balaban J connectivity index is 1.33. The number of carbonyl (C=O) groups excluding carboxylic acids is 2. The van der Waals surface area contributed by atoms with Crippen molar-refractivity contribution in [3.63, 3.8) is 0 Å². The van der Waals surface area contributed by atoms with E-state index in [1.54, 1.807) is 11.8 Å². The zero-order valence-electron chi connectivity index (χ0n) is 20.0. The number of Topliss-reactive ketones (excluding diaryl/α,β-unsaturated/α-hetero) is 1. The molecule has 0 unspecified atom stereocenters. The van der Waals surface area contributed by atoms with Crippen LogP contribution in [-0.4, -0.2) is 64.5 Å². The quantitative estimate of drug-likeness (QED) is 0.258. The van der Waals surface area contributed by atoms with Crippen LogP contribution in [0.4, 0.5) is 0 Å². The third-order valence-corrected chi connectivity index (χ3v) is 7.05. The fourth-order valence-corrected chi connectivity index (χ4v) is 5.14. The number of halogens is 1. The number of nitrogens with one attached hydrogen (secondary N) is 1. The van der Waals surface area contributed by atoms with Crippen molar-refractivity contribution < 1.29 is 14.3 Å². The molecule has 1 N–H and O–H groups in total. The Hall–Kier alpha value is -4.32. The van der Waals surface area contributed by atoms with Crippen molar-refractivity contribution in [1.29, 1.82) is 0 Å². The molecule has 1 aromatic carbocycles. The number of fused-ring (bicyclic) bond motifs is 2. The second kappa shape index (κ2) is 8.96. The molecule has 1 aliphatic rings. The summed E-state index contributed by atoms with van der Waals surface area (Å²) >= 11 is 3.54. The second-order valence-corrected chi connectivity index (χ2v) is 9.34. The number of benzene rings is 1. The Bertz CT molecular complexity index is 1670. The number of ketones is 1. The minimum Gasteiger partial charge on any atom is -0.494 e. The van der Waals surface area contributed by atoms with Crippen LogP contribution in [0.3, 0.4) is 0 Å². The Morgan fingerprint density at radius 3 is 2.68 bits per heavy atom. The van der Waals surface area contributed by atoms with Crippen LogP contribution in [-0.2, 0) is 17.9 Å². The van der Waals surface area contributed by atoms with E-state index in [0.29, 0.717) is 46.0 Å². The molecule has 37 heavy (non-hydrogen) atoms. The number of aromatic nitrogens is 7. The van der Waals surface area contributed by atoms with E-state index in [0.717, 1.165) is 17.1 Å². The van der Waals surface area contributed by atoms with E-state index in [4.69, 9.17) is 4.74 Å². The molecule has 0 saturated heterocycles. The molecule has 1 aliphatic heterocycles. The number of nitrogens with zero attached hydrogens (tertiary/aromatic N) is 7. The van der Waals surface area contributed by atoms with Gasteiger partial charge in [-0.05, 0) is 22.9 Å². The predicted octanol–water partition coefficient (Wildman–Crippen LogP) is 3.31. The van der Waals surface area contributed by atoms with Crippen LogP contribution < -0.4 is 4.74 Å². The van der Waals surface area contributed by atoms with Crippen molar-refractivity contribution in [3.05, 3.63) is 70.7 Å². The van der Waals surface area contributed by atoms with Crippen molar-refractivity contribution in [1.82, 2.24) is 39.2 Å². The van der Waals surface area contributed by atoms with Gasteiger partial charge in [0.05, 0.1) is 42.0 Å². The fourth-order valence-electron chi connectivity index (χ4n) is 4.63. The molecule has 0 bridgehead atoms. The van der Waals surface area contributed by atoms with Crippen molar-refractivity contribution in [2.75, 3.05) is 13.7 Å². The smallest absolute Gasteiger partial charge is 0.295 e. The van der Waals surface area contributed by atoms with Crippen LogP contribution in [0.25, 0.3) is 28.1 Å². The summed E-state index contributed by atoms with van der Waals surface area (Å²) in [6.07, 6.45) is 4.56. The number of amides is 1. The maximum Gasteiger partial charge on any atom is 0.295 e. The number of hydrogen-bond acceptors (Lipinski definition) is 7. The van der Waals surface area contributed by atoms with Gasteiger partial charge in [-0.2, -0.15) is 5.10 Å². The number of ether oxygens (including phenoxy) is 1. The summed E-state index contributed by atoms with van der Waals surface area (Å²) < 4.78 is 9.73. The van der Waals surface area contributed by atoms with E-state index in [1.165, 1.54) is 30.5 Å². The molecule has 11 nitrogen and oxygen atoms in total. The average molecular weight is 561 g/mol. The number of rotatable bonds is 5. The average Bonchev–Trinajstić information content (AvgIpc) is 3.65. The zero-order valence-corrected chi connectivity index (χ0v) is 21.6. The van der Waals surface area contributed by atoms with Gasteiger partial charge < -0.3 is 19.2 Å². The summed E-state index contributed by atoms with van der Waals surface area (Å²) in [5.41, 5.74) is 2.56. The molecule has 0 spiro atoms. The molecule has 0 aliphatic carbocycles. The van der Waals surface area contributed by atoms with Gasteiger partial charge in [0.15, 0.2) is 5.82 Å². The Kier molecular flexibility index (Phi) is 5.60. The third kappa shape index (κ3) is 3.80. The van der Waals surface area contributed by atoms with E-state index in [-0.39, 0.29) is 12.1 Å². The van der Waals surface area contributed by atoms with Gasteiger partial charge in [0.1, 0.15) is 28.3 Å². The largest absolute Gasteiger partial charge is 0.494 e. The first-order valence-electron chi connectivity index (χ1n) is 11.5. The van der Waals surface area contributed by atoms with Gasteiger partial charge in [0, 0.05) is 24.8 Å². The SMILES string of the molecule is COc1cnc(-n2cnc(C)n2)c2[nH]cc(C(=O)C(=O)N3CCn4c(-c5ccccc5)nc(Br)c4C3)c12. The summed E-state index contributed by atoms with van der Waals surface area (Å²) in [6.45, 7) is 2.93. The molecule has 4 aromatic heterocycles. The van der Waals surface area contributed by atoms with E-state index in [2.05, 4.69) is 45.5 Å². The summed E-state index contributed by atoms with van der Waals surface area (Å²) in [6, 6.07) is 9.87. The topological polar surface area (TPSA) is 124 Å². The van der Waals surface area contributed by atoms with Gasteiger partial charge in [-0.1, -0.05) is 30.3 Å². The normalized spacial score (nSPS) is 13.1. The first kappa shape index (κ1) is 23.1. The summed E-state index contributed by atoms with van der Waals surface area (Å²) in [4.78, 5) is 44.8. The zero-order chi connectivity index (χ0) is 25.7. The lowest BCUT2D eigenvalue weighted by atomic mass is 10.1. The van der Waals surface area contributed by atoms with E-state index in [9.17, 15) is 9.59 Å². The van der Waals surface area contributed by atoms with Gasteiger partial charge in [-0.15, -0.1) is 0 Å². The number of H-pyrrole nitrogens is 1. The number of carbonyl (C=O) groups is 2. The lowest BCUT2D eigenvalue weighted by Gasteiger charge is -2.28. The number of imidazole rings is 1. The molecule has 5 heterocycles. The highest BCUT2D eigenvalue weighted by Gasteiger charge is 2.32. The Morgan fingerprint density at radius 2 is 1.95 bits per heavy atom. The van der Waals surface area contributed by atoms with Crippen LogP contribution in [0, 0.1) is 6.92 Å². The molecule has 0 fully saturated rings. The predicted molar refractivity (Wildman–Crippen MR) is 137 cm³/mol. The Morgan fingerprint density at radius 1 is 1.14 bits per heavy atom. The van der Waals surface area contributed by atoms with Gasteiger partial charge in [-0.3, -0.25) is 9.59 Å². The van der Waals surface area contributed by atoms with Crippen molar-refractivity contribution in [2.24, 2.45) is 0 Å². The standard InChI is InChI=1S/C25H21BrN8O3/c1-14-29-13-34(31-14)24-20-19(18(37-2)11-28-24)16(10-27-20)21(35)25(36)32-8-9-33-17(12-32)22(26)30-23(33)15-6-4-3-5-7-15/h3-7,10-11,13,27H,8-9,12H2,1-2H3. The summed E-state index contributed by atoms with van der Waals surface area (Å²) in [7, 11) is 1.49. The number of aryl methyl sites for hydroxylation is 1. The molecule has 5 aromatic rings. The van der Waals surface area contributed by atoms with E-state index < -0.39 is 11.7 Å². The highest BCUT2D eigenvalue weighted by Crippen LogP contribution is 2.33.